The molecule has 0 N–H and O–H groups in total. The number of hydrogen-bond donors (Lipinski definition) is 0. The van der Waals surface area contributed by atoms with Crippen LogP contribution in [0.1, 0.15) is 36.1 Å². The Morgan fingerprint density at radius 3 is 2.67 bits per heavy atom. The Balaban J connectivity index is 1.20. The van der Waals surface area contributed by atoms with Gasteiger partial charge in [-0.2, -0.15) is 0 Å². The molecule has 4 aromatic rings. The standard InChI is InChI=1S/C31H30N4O/c1-20-5-12-29-28(15-20)33-30(35(29)19-21-13-14-34(18-21)31(36)24-10-11-24)23-8-6-22(7-9-23)26-16-25-3-2-4-27(25)32-17-26/h2,4-9,12,15-17,21,24H,3,10-11,13-14,18-19H2,1H3/t21-/m1/s1. The molecule has 180 valence electrons. The van der Waals surface area contributed by atoms with Crippen molar-refractivity contribution in [2.45, 2.75) is 39.2 Å². The third-order valence-corrected chi connectivity index (χ3v) is 7.96. The molecular weight excluding hydrogens is 444 g/mol. The topological polar surface area (TPSA) is 51.0 Å². The number of likely N-dealkylation sites (tertiary alicyclic amines) is 1. The largest absolute Gasteiger partial charge is 0.342 e. The number of pyridine rings is 1. The summed E-state index contributed by atoms with van der Waals surface area (Å²) >= 11 is 0. The molecule has 3 aliphatic rings. The highest BCUT2D eigenvalue weighted by Gasteiger charge is 2.36. The van der Waals surface area contributed by atoms with E-state index in [0.29, 0.717) is 17.7 Å². The van der Waals surface area contributed by atoms with Gasteiger partial charge in [-0.15, -0.1) is 0 Å². The van der Waals surface area contributed by atoms with Crippen LogP contribution < -0.4 is 0 Å². The Hall–Kier alpha value is -3.73. The fraction of sp³-hybridized carbons (Fsp3) is 0.323. The summed E-state index contributed by atoms with van der Waals surface area (Å²) in [5, 5.41) is 0. The first-order valence-corrected chi connectivity index (χ1v) is 13.1. The minimum Gasteiger partial charge on any atom is -0.342 e. The SMILES string of the molecule is Cc1ccc2c(c1)nc(-c1ccc(-c3cnc4c(c3)CC=C4)cc1)n2C[C@@H]1CCN(C(=O)C2CC2)C1. The smallest absolute Gasteiger partial charge is 0.225 e. The van der Waals surface area contributed by atoms with Crippen LogP contribution in [0.15, 0.2) is 60.8 Å². The molecule has 1 amide bonds. The van der Waals surface area contributed by atoms with E-state index >= 15 is 0 Å². The van der Waals surface area contributed by atoms with E-state index in [1.165, 1.54) is 22.2 Å². The van der Waals surface area contributed by atoms with E-state index in [1.54, 1.807) is 0 Å². The molecule has 7 rings (SSSR count). The zero-order chi connectivity index (χ0) is 24.2. The molecule has 0 bridgehead atoms. The first kappa shape index (κ1) is 21.5. The fourth-order valence-corrected chi connectivity index (χ4v) is 5.78. The minimum absolute atomic E-state index is 0.298. The van der Waals surface area contributed by atoms with Crippen LogP contribution in [-0.4, -0.2) is 38.4 Å². The number of imidazole rings is 1. The molecule has 0 spiro atoms. The van der Waals surface area contributed by atoms with Crippen LogP contribution in [0.5, 0.6) is 0 Å². The van der Waals surface area contributed by atoms with Gasteiger partial charge >= 0.3 is 0 Å². The summed E-state index contributed by atoms with van der Waals surface area (Å²) in [6.07, 6.45) is 10.4. The number of nitrogens with zero attached hydrogens (tertiary/aromatic N) is 4. The maximum Gasteiger partial charge on any atom is 0.225 e. The van der Waals surface area contributed by atoms with E-state index in [2.05, 4.69) is 82.1 Å². The van der Waals surface area contributed by atoms with Gasteiger partial charge in [0.25, 0.3) is 0 Å². The van der Waals surface area contributed by atoms with Crippen molar-refractivity contribution in [3.63, 3.8) is 0 Å². The number of hydrogen-bond acceptors (Lipinski definition) is 3. The molecule has 2 aromatic carbocycles. The minimum atomic E-state index is 0.298. The van der Waals surface area contributed by atoms with E-state index in [1.807, 2.05) is 6.20 Å². The highest BCUT2D eigenvalue weighted by atomic mass is 16.2. The second-order valence-electron chi connectivity index (χ2n) is 10.7. The molecule has 2 aromatic heterocycles. The number of benzene rings is 2. The van der Waals surface area contributed by atoms with Crippen LogP contribution in [0.3, 0.4) is 0 Å². The van der Waals surface area contributed by atoms with Crippen molar-refractivity contribution >= 4 is 23.0 Å². The maximum absolute atomic E-state index is 12.6. The predicted octanol–water partition coefficient (Wildman–Crippen LogP) is 5.90. The van der Waals surface area contributed by atoms with Crippen LogP contribution in [-0.2, 0) is 17.8 Å². The van der Waals surface area contributed by atoms with Gasteiger partial charge in [-0.3, -0.25) is 9.78 Å². The maximum atomic E-state index is 12.6. The first-order chi connectivity index (χ1) is 17.6. The Bertz CT molecular complexity index is 1510. The van der Waals surface area contributed by atoms with Crippen molar-refractivity contribution in [2.24, 2.45) is 11.8 Å². The molecule has 0 unspecified atom stereocenters. The monoisotopic (exact) mass is 474 g/mol. The van der Waals surface area contributed by atoms with Gasteiger partial charge in [0.05, 0.1) is 16.7 Å². The fourth-order valence-electron chi connectivity index (χ4n) is 5.78. The molecule has 5 heteroatoms. The Labute approximate surface area is 211 Å². The predicted molar refractivity (Wildman–Crippen MR) is 143 cm³/mol. The number of carbonyl (C=O) groups is 1. The van der Waals surface area contributed by atoms with Crippen molar-refractivity contribution in [1.82, 2.24) is 19.4 Å². The van der Waals surface area contributed by atoms with E-state index in [9.17, 15) is 4.79 Å². The van der Waals surface area contributed by atoms with Crippen LogP contribution in [0.25, 0.3) is 39.6 Å². The zero-order valence-corrected chi connectivity index (χ0v) is 20.7. The van der Waals surface area contributed by atoms with E-state index in [0.717, 1.165) is 73.5 Å². The highest BCUT2D eigenvalue weighted by Crippen LogP contribution is 2.34. The molecule has 1 atom stereocenters. The average Bonchev–Trinajstić information content (AvgIpc) is 3.30. The van der Waals surface area contributed by atoms with Crippen LogP contribution in [0.2, 0.25) is 0 Å². The summed E-state index contributed by atoms with van der Waals surface area (Å²) in [4.78, 5) is 24.4. The zero-order valence-electron chi connectivity index (χ0n) is 20.7. The van der Waals surface area contributed by atoms with Crippen molar-refractivity contribution < 1.29 is 4.79 Å². The number of fused-ring (bicyclic) bond motifs is 2. The van der Waals surface area contributed by atoms with Crippen molar-refractivity contribution in [3.8, 4) is 22.5 Å². The number of aryl methyl sites for hydroxylation is 1. The molecule has 36 heavy (non-hydrogen) atoms. The van der Waals surface area contributed by atoms with Gasteiger partial charge in [-0.1, -0.05) is 36.4 Å². The van der Waals surface area contributed by atoms with Gasteiger partial charge in [-0.25, -0.2) is 4.98 Å². The molecular formula is C31H30N4O. The lowest BCUT2D eigenvalue weighted by atomic mass is 10.0. The number of carbonyl (C=O) groups excluding carboxylic acids is 1. The number of rotatable bonds is 5. The van der Waals surface area contributed by atoms with Crippen LogP contribution in [0.4, 0.5) is 0 Å². The van der Waals surface area contributed by atoms with Crippen molar-refractivity contribution in [3.05, 3.63) is 77.6 Å². The van der Waals surface area contributed by atoms with Gasteiger partial charge in [-0.05, 0) is 79.5 Å². The number of amides is 1. The molecule has 0 radical (unpaired) electrons. The Morgan fingerprint density at radius 1 is 1.00 bits per heavy atom. The lowest BCUT2D eigenvalue weighted by Gasteiger charge is -2.18. The third kappa shape index (κ3) is 3.83. The summed E-state index contributed by atoms with van der Waals surface area (Å²) in [6, 6.07) is 17.5. The molecule has 5 nitrogen and oxygen atoms in total. The highest BCUT2D eigenvalue weighted by molar-refractivity contribution is 5.82. The van der Waals surface area contributed by atoms with Gasteiger partial charge in [0.15, 0.2) is 0 Å². The van der Waals surface area contributed by atoms with Gasteiger partial charge in [0.2, 0.25) is 5.91 Å². The number of aromatic nitrogens is 3. The van der Waals surface area contributed by atoms with Crippen molar-refractivity contribution in [1.29, 1.82) is 0 Å². The van der Waals surface area contributed by atoms with E-state index in [-0.39, 0.29) is 0 Å². The normalized spacial score (nSPS) is 18.8. The number of allylic oxidation sites excluding steroid dienone is 1. The summed E-state index contributed by atoms with van der Waals surface area (Å²) in [6.45, 7) is 4.75. The summed E-state index contributed by atoms with van der Waals surface area (Å²) in [5.41, 5.74) is 9.24. The molecule has 1 saturated heterocycles. The first-order valence-electron chi connectivity index (χ1n) is 13.1. The lowest BCUT2D eigenvalue weighted by Crippen LogP contribution is -2.30. The van der Waals surface area contributed by atoms with Crippen LogP contribution >= 0.6 is 0 Å². The van der Waals surface area contributed by atoms with Crippen LogP contribution in [0, 0.1) is 18.8 Å². The van der Waals surface area contributed by atoms with E-state index < -0.39 is 0 Å². The lowest BCUT2D eigenvalue weighted by molar-refractivity contribution is -0.131. The Kier molecular flexibility index (Phi) is 5.05. The second-order valence-corrected chi connectivity index (χ2v) is 10.7. The summed E-state index contributed by atoms with van der Waals surface area (Å²) in [7, 11) is 0. The molecule has 2 aliphatic carbocycles. The third-order valence-electron chi connectivity index (χ3n) is 7.96. The molecule has 2 fully saturated rings. The van der Waals surface area contributed by atoms with Gasteiger partial charge < -0.3 is 9.47 Å². The van der Waals surface area contributed by atoms with E-state index in [4.69, 9.17) is 4.98 Å². The molecule has 1 aliphatic heterocycles. The van der Waals surface area contributed by atoms with Crippen molar-refractivity contribution in [2.75, 3.05) is 13.1 Å². The average molecular weight is 475 g/mol. The van der Waals surface area contributed by atoms with Gasteiger partial charge in [0, 0.05) is 42.9 Å². The van der Waals surface area contributed by atoms with Gasteiger partial charge in [0.1, 0.15) is 5.82 Å². The second kappa shape index (κ2) is 8.44. The summed E-state index contributed by atoms with van der Waals surface area (Å²) in [5.74, 6) is 2.13. The quantitative estimate of drug-likeness (QED) is 0.362. The molecule has 3 heterocycles. The molecule has 1 saturated carbocycles. The summed E-state index contributed by atoms with van der Waals surface area (Å²) < 4.78 is 2.38. The Morgan fingerprint density at radius 2 is 1.83 bits per heavy atom.